The van der Waals surface area contributed by atoms with Crippen molar-refractivity contribution in [3.05, 3.63) is 29.3 Å². The van der Waals surface area contributed by atoms with Gasteiger partial charge in [0.25, 0.3) is 0 Å². The molecule has 0 saturated heterocycles. The third kappa shape index (κ3) is 6.04. The van der Waals surface area contributed by atoms with E-state index in [4.69, 9.17) is 21.4 Å². The van der Waals surface area contributed by atoms with Crippen molar-refractivity contribution < 1.29 is 19.4 Å². The zero-order valence-electron chi connectivity index (χ0n) is 12.4. The molecule has 0 unspecified atom stereocenters. The zero-order valence-corrected chi connectivity index (χ0v) is 13.1. The Hall–Kier alpha value is -1.75. The molecule has 0 aliphatic heterocycles. The molecule has 2 N–H and O–H groups in total. The van der Waals surface area contributed by atoms with Crippen LogP contribution in [0.25, 0.3) is 0 Å². The molecular weight excluding hydrogens is 294 g/mol. The minimum atomic E-state index is -1.05. The van der Waals surface area contributed by atoms with Crippen LogP contribution in [0.1, 0.15) is 27.2 Å². The van der Waals surface area contributed by atoms with Gasteiger partial charge in [0.05, 0.1) is 13.0 Å². The smallest absolute Gasteiger partial charge is 0.326 e. The van der Waals surface area contributed by atoms with Crippen LogP contribution in [-0.4, -0.2) is 29.6 Å². The van der Waals surface area contributed by atoms with Crippen LogP contribution in [0.4, 0.5) is 0 Å². The van der Waals surface area contributed by atoms with Crippen LogP contribution in [0.15, 0.2) is 24.3 Å². The number of aliphatic carboxylic acids is 1. The first kappa shape index (κ1) is 17.3. The van der Waals surface area contributed by atoms with Gasteiger partial charge in [-0.2, -0.15) is 0 Å². The maximum Gasteiger partial charge on any atom is 0.326 e. The van der Waals surface area contributed by atoms with Crippen LogP contribution in [0, 0.1) is 5.41 Å². The summed E-state index contributed by atoms with van der Waals surface area (Å²) >= 11 is 5.82. The maximum atomic E-state index is 11.8. The molecule has 1 aromatic rings. The summed E-state index contributed by atoms with van der Waals surface area (Å²) in [5.74, 6) is -0.841. The summed E-state index contributed by atoms with van der Waals surface area (Å²) in [5.41, 5.74) is -0.560. The summed E-state index contributed by atoms with van der Waals surface area (Å²) in [6.07, 6.45) is 0.0758. The number of carboxylic acids is 1. The minimum absolute atomic E-state index is 0.0758. The number of benzene rings is 1. The van der Waals surface area contributed by atoms with E-state index >= 15 is 0 Å². The molecule has 0 fully saturated rings. The van der Waals surface area contributed by atoms with E-state index in [0.29, 0.717) is 10.8 Å². The molecule has 0 bridgehead atoms. The minimum Gasteiger partial charge on any atom is -0.493 e. The van der Waals surface area contributed by atoms with Crippen molar-refractivity contribution in [2.24, 2.45) is 5.41 Å². The molecule has 0 aromatic heterocycles. The van der Waals surface area contributed by atoms with Crippen molar-refractivity contribution in [1.82, 2.24) is 5.32 Å². The fourth-order valence-electron chi connectivity index (χ4n) is 1.70. The molecule has 0 aliphatic rings. The van der Waals surface area contributed by atoms with Crippen LogP contribution >= 0.6 is 11.6 Å². The van der Waals surface area contributed by atoms with Crippen LogP contribution in [0.2, 0.25) is 5.02 Å². The maximum absolute atomic E-state index is 11.8. The number of carbonyl (C=O) groups excluding carboxylic acids is 1. The summed E-state index contributed by atoms with van der Waals surface area (Å²) in [4.78, 5) is 22.9. The van der Waals surface area contributed by atoms with E-state index in [1.165, 1.54) is 0 Å². The van der Waals surface area contributed by atoms with Gasteiger partial charge in [-0.25, -0.2) is 4.79 Å². The topological polar surface area (TPSA) is 75.6 Å². The SMILES string of the molecule is CC(C)(C)[C@@H](NC(=O)CCOc1cccc(Cl)c1)C(=O)O. The molecule has 5 nitrogen and oxygen atoms in total. The highest BCUT2D eigenvalue weighted by molar-refractivity contribution is 6.30. The molecule has 1 atom stereocenters. The van der Waals surface area contributed by atoms with Crippen molar-refractivity contribution in [2.75, 3.05) is 6.61 Å². The van der Waals surface area contributed by atoms with Crippen LogP contribution < -0.4 is 10.1 Å². The number of carboxylic acid groups (broad SMARTS) is 1. The highest BCUT2D eigenvalue weighted by atomic mass is 35.5. The van der Waals surface area contributed by atoms with Crippen LogP contribution in [-0.2, 0) is 9.59 Å². The molecule has 1 aromatic carbocycles. The first-order valence-electron chi connectivity index (χ1n) is 6.60. The Bertz CT molecular complexity index is 511. The summed E-state index contributed by atoms with van der Waals surface area (Å²) in [6.45, 7) is 5.43. The highest BCUT2D eigenvalue weighted by Gasteiger charge is 2.32. The lowest BCUT2D eigenvalue weighted by Crippen LogP contribution is -2.49. The van der Waals surface area contributed by atoms with Gasteiger partial charge >= 0.3 is 5.97 Å². The van der Waals surface area contributed by atoms with E-state index < -0.39 is 17.4 Å². The van der Waals surface area contributed by atoms with Crippen molar-refractivity contribution in [3.63, 3.8) is 0 Å². The number of hydrogen-bond acceptors (Lipinski definition) is 3. The lowest BCUT2D eigenvalue weighted by Gasteiger charge is -2.27. The molecule has 0 saturated carbocycles. The Morgan fingerprint density at radius 2 is 2.05 bits per heavy atom. The second-order valence-corrected chi connectivity index (χ2v) is 6.20. The standard InChI is InChI=1S/C15H20ClNO4/c1-15(2,3)13(14(19)20)17-12(18)7-8-21-11-6-4-5-10(16)9-11/h4-6,9,13H,7-8H2,1-3H3,(H,17,18)(H,19,20)/t13-/m0/s1. The molecule has 116 valence electrons. The number of nitrogens with one attached hydrogen (secondary N) is 1. The van der Waals surface area contributed by atoms with Gasteiger partial charge in [0, 0.05) is 5.02 Å². The normalized spacial score (nSPS) is 12.6. The van der Waals surface area contributed by atoms with Gasteiger partial charge in [0.1, 0.15) is 11.8 Å². The predicted molar refractivity (Wildman–Crippen MR) is 80.6 cm³/mol. The monoisotopic (exact) mass is 313 g/mol. The lowest BCUT2D eigenvalue weighted by molar-refractivity contribution is -0.145. The summed E-state index contributed by atoms with van der Waals surface area (Å²) in [6, 6.07) is 5.92. The van der Waals surface area contributed by atoms with Crippen molar-refractivity contribution >= 4 is 23.5 Å². The number of ether oxygens (including phenoxy) is 1. The Labute approximate surface area is 129 Å². The molecule has 0 spiro atoms. The van der Waals surface area contributed by atoms with E-state index in [-0.39, 0.29) is 18.9 Å². The van der Waals surface area contributed by atoms with Gasteiger partial charge < -0.3 is 15.2 Å². The zero-order chi connectivity index (χ0) is 16.0. The Morgan fingerprint density at radius 1 is 1.38 bits per heavy atom. The van der Waals surface area contributed by atoms with Crippen LogP contribution in [0.5, 0.6) is 5.75 Å². The number of halogens is 1. The molecular formula is C15H20ClNO4. The first-order valence-corrected chi connectivity index (χ1v) is 6.98. The fourth-order valence-corrected chi connectivity index (χ4v) is 1.88. The highest BCUT2D eigenvalue weighted by Crippen LogP contribution is 2.20. The van der Waals surface area contributed by atoms with Gasteiger partial charge in [-0.05, 0) is 23.6 Å². The summed E-state index contributed by atoms with van der Waals surface area (Å²) < 4.78 is 5.39. The molecule has 1 amide bonds. The molecule has 1 rings (SSSR count). The van der Waals surface area contributed by atoms with Gasteiger partial charge in [0.15, 0.2) is 0 Å². The van der Waals surface area contributed by atoms with E-state index in [9.17, 15) is 9.59 Å². The number of amides is 1. The fraction of sp³-hybridized carbons (Fsp3) is 0.467. The van der Waals surface area contributed by atoms with Crippen molar-refractivity contribution in [2.45, 2.75) is 33.2 Å². The third-order valence-electron chi connectivity index (χ3n) is 2.81. The van der Waals surface area contributed by atoms with E-state index in [1.54, 1.807) is 45.0 Å². The molecule has 6 heteroatoms. The largest absolute Gasteiger partial charge is 0.493 e. The number of rotatable bonds is 6. The quantitative estimate of drug-likeness (QED) is 0.846. The molecule has 0 heterocycles. The van der Waals surface area contributed by atoms with Gasteiger partial charge in [0.2, 0.25) is 5.91 Å². The van der Waals surface area contributed by atoms with Crippen molar-refractivity contribution in [1.29, 1.82) is 0 Å². The van der Waals surface area contributed by atoms with Gasteiger partial charge in [-0.1, -0.05) is 38.4 Å². The Morgan fingerprint density at radius 3 is 2.57 bits per heavy atom. The van der Waals surface area contributed by atoms with E-state index in [0.717, 1.165) is 0 Å². The van der Waals surface area contributed by atoms with Gasteiger partial charge in [-0.3, -0.25) is 4.79 Å². The summed E-state index contributed by atoms with van der Waals surface area (Å²) in [5, 5.41) is 12.2. The van der Waals surface area contributed by atoms with Crippen molar-refractivity contribution in [3.8, 4) is 5.75 Å². The second kappa shape index (κ2) is 7.31. The molecule has 21 heavy (non-hydrogen) atoms. The van der Waals surface area contributed by atoms with E-state index in [2.05, 4.69) is 5.32 Å². The number of carbonyl (C=O) groups is 2. The average Bonchev–Trinajstić information content (AvgIpc) is 2.34. The Balaban J connectivity index is 2.45. The second-order valence-electron chi connectivity index (χ2n) is 5.76. The predicted octanol–water partition coefficient (Wildman–Crippen LogP) is 2.72. The molecule has 0 aliphatic carbocycles. The average molecular weight is 314 g/mol. The van der Waals surface area contributed by atoms with Crippen LogP contribution in [0.3, 0.4) is 0 Å². The lowest BCUT2D eigenvalue weighted by atomic mass is 9.86. The van der Waals surface area contributed by atoms with E-state index in [1.807, 2.05) is 0 Å². The summed E-state index contributed by atoms with van der Waals surface area (Å²) in [7, 11) is 0. The Kier molecular flexibility index (Phi) is 6.03. The first-order chi connectivity index (χ1) is 9.70. The van der Waals surface area contributed by atoms with Gasteiger partial charge in [-0.15, -0.1) is 0 Å². The third-order valence-corrected chi connectivity index (χ3v) is 3.05. The molecule has 0 radical (unpaired) electrons. The number of hydrogen-bond donors (Lipinski definition) is 2.